The Kier molecular flexibility index (Phi) is 5.17. The topological polar surface area (TPSA) is 63.6 Å². The number of carboxylic acid groups (broad SMARTS) is 1. The van der Waals surface area contributed by atoms with Gasteiger partial charge >= 0.3 is 11.9 Å². The van der Waals surface area contributed by atoms with Gasteiger partial charge in [0.05, 0.1) is 11.8 Å². The first-order chi connectivity index (χ1) is 8.37. The summed E-state index contributed by atoms with van der Waals surface area (Å²) in [6.07, 6.45) is 4.76. The van der Waals surface area contributed by atoms with E-state index in [1.807, 2.05) is 20.8 Å². The van der Waals surface area contributed by atoms with Crippen molar-refractivity contribution in [3.63, 3.8) is 0 Å². The van der Waals surface area contributed by atoms with Crippen molar-refractivity contribution >= 4 is 11.9 Å². The van der Waals surface area contributed by atoms with Gasteiger partial charge in [0.2, 0.25) is 0 Å². The standard InChI is InChI=1S/C14H24O4/c1-4-9-14(2,3)18-13(17)11-8-6-5-7-10(11)12(15)16/h10-11H,4-9H2,1-3H3,(H,15,16). The average Bonchev–Trinajstić information content (AvgIpc) is 2.28. The number of ether oxygens (including phenoxy) is 1. The maximum Gasteiger partial charge on any atom is 0.310 e. The molecule has 0 aromatic carbocycles. The van der Waals surface area contributed by atoms with Crippen LogP contribution in [-0.2, 0) is 14.3 Å². The van der Waals surface area contributed by atoms with Crippen molar-refractivity contribution in [2.45, 2.75) is 64.9 Å². The van der Waals surface area contributed by atoms with E-state index in [1.165, 1.54) is 0 Å². The van der Waals surface area contributed by atoms with E-state index in [9.17, 15) is 9.59 Å². The van der Waals surface area contributed by atoms with E-state index >= 15 is 0 Å². The summed E-state index contributed by atoms with van der Waals surface area (Å²) in [4.78, 5) is 23.3. The van der Waals surface area contributed by atoms with E-state index in [2.05, 4.69) is 0 Å². The average molecular weight is 256 g/mol. The Labute approximate surface area is 109 Å². The highest BCUT2D eigenvalue weighted by atomic mass is 16.6. The fourth-order valence-electron chi connectivity index (χ4n) is 2.71. The Bertz CT molecular complexity index is 309. The van der Waals surface area contributed by atoms with Crippen molar-refractivity contribution in [1.29, 1.82) is 0 Å². The Balaban J connectivity index is 2.66. The van der Waals surface area contributed by atoms with E-state index in [4.69, 9.17) is 9.84 Å². The molecule has 1 fully saturated rings. The first kappa shape index (κ1) is 15.0. The SMILES string of the molecule is CCCC(C)(C)OC(=O)C1CCCCC1C(=O)O. The first-order valence-electron chi connectivity index (χ1n) is 6.83. The molecule has 1 rings (SSSR count). The summed E-state index contributed by atoms with van der Waals surface area (Å²) >= 11 is 0. The monoisotopic (exact) mass is 256 g/mol. The molecule has 0 aromatic heterocycles. The molecule has 0 heterocycles. The van der Waals surface area contributed by atoms with Gasteiger partial charge in [0.1, 0.15) is 5.60 Å². The normalized spacial score (nSPS) is 24.6. The van der Waals surface area contributed by atoms with E-state index < -0.39 is 23.4 Å². The highest BCUT2D eigenvalue weighted by Crippen LogP contribution is 2.32. The van der Waals surface area contributed by atoms with E-state index in [0.29, 0.717) is 12.8 Å². The van der Waals surface area contributed by atoms with Gasteiger partial charge in [-0.1, -0.05) is 26.2 Å². The number of carbonyl (C=O) groups is 2. The Hall–Kier alpha value is -1.06. The molecular formula is C14H24O4. The van der Waals surface area contributed by atoms with E-state index in [1.54, 1.807) is 0 Å². The van der Waals surface area contributed by atoms with Crippen molar-refractivity contribution in [3.8, 4) is 0 Å². The molecular weight excluding hydrogens is 232 g/mol. The van der Waals surface area contributed by atoms with Gasteiger partial charge in [-0.05, 0) is 33.1 Å². The number of hydrogen-bond donors (Lipinski definition) is 1. The van der Waals surface area contributed by atoms with Gasteiger partial charge in [-0.25, -0.2) is 0 Å². The van der Waals surface area contributed by atoms with Crippen LogP contribution in [0.25, 0.3) is 0 Å². The summed E-state index contributed by atoms with van der Waals surface area (Å²) in [6, 6.07) is 0. The van der Waals surface area contributed by atoms with Crippen molar-refractivity contribution in [2.75, 3.05) is 0 Å². The summed E-state index contributed by atoms with van der Waals surface area (Å²) in [6.45, 7) is 5.80. The minimum atomic E-state index is -0.870. The fraction of sp³-hybridized carbons (Fsp3) is 0.857. The minimum Gasteiger partial charge on any atom is -0.481 e. The molecule has 0 amide bonds. The minimum absolute atomic E-state index is 0.333. The lowest BCUT2D eigenvalue weighted by atomic mass is 9.79. The van der Waals surface area contributed by atoms with Gasteiger partial charge in [0.15, 0.2) is 0 Å². The summed E-state index contributed by atoms with van der Waals surface area (Å²) in [5, 5.41) is 9.15. The van der Waals surface area contributed by atoms with Gasteiger partial charge in [-0.15, -0.1) is 0 Å². The van der Waals surface area contributed by atoms with Gasteiger partial charge in [-0.2, -0.15) is 0 Å². The van der Waals surface area contributed by atoms with Crippen LogP contribution < -0.4 is 0 Å². The number of rotatable bonds is 5. The van der Waals surface area contributed by atoms with Crippen LogP contribution in [-0.4, -0.2) is 22.6 Å². The summed E-state index contributed by atoms with van der Waals surface area (Å²) in [5.41, 5.74) is -0.494. The zero-order chi connectivity index (χ0) is 13.8. The van der Waals surface area contributed by atoms with Crippen LogP contribution in [0.2, 0.25) is 0 Å². The number of aliphatic carboxylic acids is 1. The lowest BCUT2D eigenvalue weighted by molar-refractivity contribution is -0.170. The first-order valence-corrected chi connectivity index (χ1v) is 6.83. The smallest absolute Gasteiger partial charge is 0.310 e. The molecule has 2 atom stereocenters. The molecule has 0 radical (unpaired) electrons. The van der Waals surface area contributed by atoms with Crippen molar-refractivity contribution < 1.29 is 19.4 Å². The third kappa shape index (κ3) is 4.00. The van der Waals surface area contributed by atoms with Crippen LogP contribution in [0.4, 0.5) is 0 Å². The van der Waals surface area contributed by atoms with Crippen LogP contribution in [0.5, 0.6) is 0 Å². The second-order valence-corrected chi connectivity index (χ2v) is 5.77. The van der Waals surface area contributed by atoms with Crippen LogP contribution in [0.15, 0.2) is 0 Å². The van der Waals surface area contributed by atoms with Gasteiger partial charge in [-0.3, -0.25) is 9.59 Å². The van der Waals surface area contributed by atoms with Gasteiger partial charge in [0.25, 0.3) is 0 Å². The largest absolute Gasteiger partial charge is 0.481 e. The zero-order valence-electron chi connectivity index (χ0n) is 11.6. The summed E-state index contributed by atoms with van der Waals surface area (Å²) in [5.74, 6) is -2.23. The quantitative estimate of drug-likeness (QED) is 0.768. The number of esters is 1. The molecule has 0 aromatic rings. The molecule has 4 nitrogen and oxygen atoms in total. The molecule has 0 aliphatic heterocycles. The van der Waals surface area contributed by atoms with Crippen molar-refractivity contribution in [1.82, 2.24) is 0 Å². The van der Waals surface area contributed by atoms with Crippen LogP contribution >= 0.6 is 0 Å². The summed E-state index contributed by atoms with van der Waals surface area (Å²) < 4.78 is 5.50. The molecule has 4 heteroatoms. The maximum atomic E-state index is 12.1. The molecule has 0 bridgehead atoms. The second kappa shape index (κ2) is 6.21. The predicted octanol–water partition coefficient (Wildman–Crippen LogP) is 3.00. The van der Waals surface area contributed by atoms with E-state index in [-0.39, 0.29) is 5.97 Å². The number of carbonyl (C=O) groups excluding carboxylic acids is 1. The third-order valence-electron chi connectivity index (χ3n) is 3.61. The Morgan fingerprint density at radius 1 is 1.22 bits per heavy atom. The van der Waals surface area contributed by atoms with Crippen molar-refractivity contribution in [3.05, 3.63) is 0 Å². The molecule has 0 saturated heterocycles. The predicted molar refractivity (Wildman–Crippen MR) is 68.2 cm³/mol. The highest BCUT2D eigenvalue weighted by Gasteiger charge is 2.38. The molecule has 1 saturated carbocycles. The zero-order valence-corrected chi connectivity index (χ0v) is 11.6. The van der Waals surface area contributed by atoms with Crippen LogP contribution in [0.1, 0.15) is 59.3 Å². The molecule has 1 N–H and O–H groups in total. The van der Waals surface area contributed by atoms with Gasteiger partial charge < -0.3 is 9.84 Å². The molecule has 2 unspecified atom stereocenters. The Morgan fingerprint density at radius 3 is 2.28 bits per heavy atom. The summed E-state index contributed by atoms with van der Waals surface area (Å²) in [7, 11) is 0. The molecule has 104 valence electrons. The maximum absolute atomic E-state index is 12.1. The molecule has 1 aliphatic rings. The van der Waals surface area contributed by atoms with Crippen molar-refractivity contribution in [2.24, 2.45) is 11.8 Å². The van der Waals surface area contributed by atoms with Crippen LogP contribution in [0, 0.1) is 11.8 Å². The van der Waals surface area contributed by atoms with Crippen LogP contribution in [0.3, 0.4) is 0 Å². The number of hydrogen-bond acceptors (Lipinski definition) is 3. The molecule has 18 heavy (non-hydrogen) atoms. The molecule has 1 aliphatic carbocycles. The molecule has 0 spiro atoms. The van der Waals surface area contributed by atoms with Gasteiger partial charge in [0, 0.05) is 0 Å². The Morgan fingerprint density at radius 2 is 1.78 bits per heavy atom. The number of carboxylic acids is 1. The second-order valence-electron chi connectivity index (χ2n) is 5.77. The van der Waals surface area contributed by atoms with E-state index in [0.717, 1.165) is 25.7 Å². The lowest BCUT2D eigenvalue weighted by Gasteiger charge is -2.31. The lowest BCUT2D eigenvalue weighted by Crippen LogP contribution is -2.38. The highest BCUT2D eigenvalue weighted by molar-refractivity contribution is 5.81. The fourth-order valence-corrected chi connectivity index (χ4v) is 2.71. The third-order valence-corrected chi connectivity index (χ3v) is 3.61.